The summed E-state index contributed by atoms with van der Waals surface area (Å²) in [6.07, 6.45) is 0. The zero-order valence-electron chi connectivity index (χ0n) is 17.7. The van der Waals surface area contributed by atoms with E-state index < -0.39 is 11.9 Å². The van der Waals surface area contributed by atoms with Crippen LogP contribution in [-0.4, -0.2) is 11.9 Å². The van der Waals surface area contributed by atoms with E-state index in [4.69, 9.17) is 32.7 Å². The number of hydrogen-bond donors (Lipinski definition) is 1. The smallest absolute Gasteiger partial charge is 0.345 e. The molecule has 0 saturated heterocycles. The molecule has 0 radical (unpaired) electrons. The number of ether oxygens (including phenoxy) is 2. The van der Waals surface area contributed by atoms with Crippen LogP contribution >= 0.6 is 23.2 Å². The molecule has 7 heteroatoms. The van der Waals surface area contributed by atoms with Crippen LogP contribution in [0.3, 0.4) is 0 Å². The summed E-state index contributed by atoms with van der Waals surface area (Å²) in [6, 6.07) is 24.2. The van der Waals surface area contributed by atoms with Gasteiger partial charge in [-0.1, -0.05) is 59.6 Å². The predicted molar refractivity (Wildman–Crippen MR) is 132 cm³/mol. The normalized spacial score (nSPS) is 11.6. The molecule has 1 aliphatic rings. The number of para-hydroxylation sites is 1. The molecule has 1 heterocycles. The van der Waals surface area contributed by atoms with Crippen LogP contribution in [0.1, 0.15) is 26.3 Å². The van der Waals surface area contributed by atoms with Gasteiger partial charge in [0.2, 0.25) is 0 Å². The maximum Gasteiger partial charge on any atom is 0.345 e. The van der Waals surface area contributed by atoms with Gasteiger partial charge in [0.25, 0.3) is 0 Å². The van der Waals surface area contributed by atoms with Crippen LogP contribution < -0.4 is 14.8 Å². The summed E-state index contributed by atoms with van der Waals surface area (Å²) in [6.45, 7) is 0.521. The highest BCUT2D eigenvalue weighted by atomic mass is 35.5. The van der Waals surface area contributed by atoms with E-state index >= 15 is 0 Å². The number of nitrogens with one attached hydrogen (secondary N) is 1. The maximum atomic E-state index is 12.9. The van der Waals surface area contributed by atoms with Gasteiger partial charge in [0.15, 0.2) is 11.5 Å². The molecule has 0 aliphatic carbocycles. The molecule has 5 rings (SSSR count). The van der Waals surface area contributed by atoms with Crippen LogP contribution in [0.25, 0.3) is 11.1 Å². The lowest BCUT2D eigenvalue weighted by atomic mass is 9.94. The van der Waals surface area contributed by atoms with E-state index in [2.05, 4.69) is 5.32 Å². The molecule has 0 saturated carbocycles. The predicted octanol–water partition coefficient (Wildman–Crippen LogP) is 7.02. The van der Waals surface area contributed by atoms with Gasteiger partial charge in [0.05, 0.1) is 16.1 Å². The Kier molecular flexibility index (Phi) is 5.97. The van der Waals surface area contributed by atoms with Gasteiger partial charge in [-0.25, -0.2) is 9.59 Å². The topological polar surface area (TPSA) is 64.6 Å². The number of halogens is 2. The number of anilines is 1. The van der Waals surface area contributed by atoms with Crippen LogP contribution in [0, 0.1) is 0 Å². The highest BCUT2D eigenvalue weighted by molar-refractivity contribution is 6.33. The van der Waals surface area contributed by atoms with E-state index in [1.165, 1.54) is 6.07 Å². The summed E-state index contributed by atoms with van der Waals surface area (Å²) in [5.74, 6) is -1.06. The molecule has 168 valence electrons. The first-order valence-corrected chi connectivity index (χ1v) is 11.2. The molecule has 0 unspecified atom stereocenters. The highest BCUT2D eigenvalue weighted by Crippen LogP contribution is 2.42. The Morgan fingerprint density at radius 2 is 1.47 bits per heavy atom. The molecule has 34 heavy (non-hydrogen) atoms. The van der Waals surface area contributed by atoms with E-state index in [1.54, 1.807) is 54.6 Å². The molecule has 0 amide bonds. The van der Waals surface area contributed by atoms with Gasteiger partial charge in [-0.3, -0.25) is 0 Å². The second kappa shape index (κ2) is 9.21. The van der Waals surface area contributed by atoms with Crippen LogP contribution in [0.5, 0.6) is 11.5 Å². The fraction of sp³-hybridized carbons (Fsp3) is 0.0370. The zero-order valence-corrected chi connectivity index (χ0v) is 19.2. The quantitative estimate of drug-likeness (QED) is 0.246. The Bertz CT molecular complexity index is 1430. The van der Waals surface area contributed by atoms with Gasteiger partial charge in [0.1, 0.15) is 0 Å². The number of hydrogen-bond acceptors (Lipinski definition) is 5. The minimum atomic E-state index is -0.659. The van der Waals surface area contributed by atoms with E-state index in [0.717, 1.165) is 22.4 Å². The summed E-state index contributed by atoms with van der Waals surface area (Å²) < 4.78 is 11.4. The minimum Gasteiger partial charge on any atom is -0.419 e. The van der Waals surface area contributed by atoms with Crippen molar-refractivity contribution in [2.45, 2.75) is 6.54 Å². The third-order valence-electron chi connectivity index (χ3n) is 5.42. The number of benzene rings is 4. The van der Waals surface area contributed by atoms with Crippen molar-refractivity contribution in [3.63, 3.8) is 0 Å². The second-order valence-corrected chi connectivity index (χ2v) is 8.47. The van der Waals surface area contributed by atoms with Gasteiger partial charge in [-0.15, -0.1) is 0 Å². The lowest BCUT2D eigenvalue weighted by molar-refractivity contribution is 0.0682. The molecule has 4 aromatic carbocycles. The van der Waals surface area contributed by atoms with Crippen molar-refractivity contribution in [3.8, 4) is 22.6 Å². The third kappa shape index (κ3) is 4.36. The Morgan fingerprint density at radius 3 is 2.29 bits per heavy atom. The number of esters is 2. The van der Waals surface area contributed by atoms with Crippen LogP contribution in [-0.2, 0) is 6.54 Å². The second-order valence-electron chi connectivity index (χ2n) is 7.62. The summed E-state index contributed by atoms with van der Waals surface area (Å²) in [5.41, 5.74) is 4.16. The summed E-state index contributed by atoms with van der Waals surface area (Å²) in [4.78, 5) is 25.8. The molecule has 0 aromatic heterocycles. The molecule has 1 aliphatic heterocycles. The van der Waals surface area contributed by atoms with Gasteiger partial charge >= 0.3 is 11.9 Å². The monoisotopic (exact) mass is 489 g/mol. The fourth-order valence-corrected chi connectivity index (χ4v) is 4.18. The number of rotatable bonds is 4. The van der Waals surface area contributed by atoms with E-state index in [9.17, 15) is 9.59 Å². The van der Waals surface area contributed by atoms with E-state index in [0.29, 0.717) is 11.6 Å². The van der Waals surface area contributed by atoms with Gasteiger partial charge in [-0.05, 0) is 59.7 Å². The van der Waals surface area contributed by atoms with E-state index in [1.807, 2.05) is 24.3 Å². The Hall–Kier alpha value is -3.80. The van der Waals surface area contributed by atoms with Crippen LogP contribution in [0.2, 0.25) is 10.0 Å². The summed E-state index contributed by atoms with van der Waals surface area (Å²) in [7, 11) is 0. The van der Waals surface area contributed by atoms with Gasteiger partial charge in [0, 0.05) is 22.8 Å². The van der Waals surface area contributed by atoms with Crippen molar-refractivity contribution in [2.24, 2.45) is 0 Å². The lowest BCUT2D eigenvalue weighted by Gasteiger charge is -2.23. The lowest BCUT2D eigenvalue weighted by Crippen LogP contribution is -2.15. The molecule has 0 fully saturated rings. The van der Waals surface area contributed by atoms with Crippen molar-refractivity contribution >= 4 is 40.8 Å². The van der Waals surface area contributed by atoms with Crippen molar-refractivity contribution in [2.75, 3.05) is 5.32 Å². The fourth-order valence-electron chi connectivity index (χ4n) is 3.78. The third-order valence-corrected chi connectivity index (χ3v) is 5.98. The van der Waals surface area contributed by atoms with Crippen molar-refractivity contribution in [1.29, 1.82) is 0 Å². The first-order valence-electron chi connectivity index (χ1n) is 10.4. The maximum absolute atomic E-state index is 12.9. The van der Waals surface area contributed by atoms with E-state index in [-0.39, 0.29) is 27.6 Å². The molecule has 5 nitrogen and oxygen atoms in total. The largest absolute Gasteiger partial charge is 0.419 e. The molecular weight excluding hydrogens is 473 g/mol. The first kappa shape index (κ1) is 22.0. The van der Waals surface area contributed by atoms with Crippen molar-refractivity contribution in [3.05, 3.63) is 112 Å². The average Bonchev–Trinajstić information content (AvgIpc) is 2.84. The standard InChI is InChI=1S/C27H17Cl2NO4/c28-18-7-5-6-16(12-18)26(31)33-24-13-17-15-30-23-11-4-2-8-19(23)21(17)14-25(24)34-27(32)20-9-1-3-10-22(20)29/h1-14,30H,15H2. The summed E-state index contributed by atoms with van der Waals surface area (Å²) >= 11 is 12.2. The molecule has 0 atom stereocenters. The first-order chi connectivity index (χ1) is 16.5. The number of carbonyl (C=O) groups is 2. The Balaban J connectivity index is 1.56. The molecule has 4 aromatic rings. The zero-order chi connectivity index (χ0) is 23.7. The van der Waals surface area contributed by atoms with Gasteiger partial charge in [-0.2, -0.15) is 0 Å². The van der Waals surface area contributed by atoms with Gasteiger partial charge < -0.3 is 14.8 Å². The SMILES string of the molecule is O=C(Oc1cc2c(cc1OC(=O)c1ccccc1Cl)-c1ccccc1NC2)c1cccc(Cl)c1. The number of carbonyl (C=O) groups excluding carboxylic acids is 2. The number of fused-ring (bicyclic) bond motifs is 3. The highest BCUT2D eigenvalue weighted by Gasteiger charge is 2.23. The van der Waals surface area contributed by atoms with Crippen LogP contribution in [0.4, 0.5) is 5.69 Å². The molecule has 0 spiro atoms. The summed E-state index contributed by atoms with van der Waals surface area (Å²) in [5, 5.41) is 4.02. The Morgan fingerprint density at radius 1 is 0.735 bits per heavy atom. The minimum absolute atomic E-state index is 0.107. The van der Waals surface area contributed by atoms with Crippen molar-refractivity contribution < 1.29 is 19.1 Å². The van der Waals surface area contributed by atoms with Crippen molar-refractivity contribution in [1.82, 2.24) is 0 Å². The Labute approximate surface area is 205 Å². The molecular formula is C27H17Cl2NO4. The molecule has 1 N–H and O–H groups in total. The molecule has 0 bridgehead atoms. The average molecular weight is 490 g/mol. The van der Waals surface area contributed by atoms with Crippen LogP contribution in [0.15, 0.2) is 84.9 Å².